The van der Waals surface area contributed by atoms with Gasteiger partial charge in [-0.25, -0.2) is 0 Å². The first-order valence-electron chi connectivity index (χ1n) is 8.96. The van der Waals surface area contributed by atoms with Crippen LogP contribution in [0.2, 0.25) is 0 Å². The molecule has 0 aromatic heterocycles. The quantitative estimate of drug-likeness (QED) is 0.711. The summed E-state index contributed by atoms with van der Waals surface area (Å²) >= 11 is 0. The van der Waals surface area contributed by atoms with Crippen LogP contribution in [0.3, 0.4) is 0 Å². The summed E-state index contributed by atoms with van der Waals surface area (Å²) < 4.78 is 0. The summed E-state index contributed by atoms with van der Waals surface area (Å²) in [6.45, 7) is 7.01. The van der Waals surface area contributed by atoms with E-state index in [4.69, 9.17) is 5.73 Å². The van der Waals surface area contributed by atoms with Gasteiger partial charge in [0.15, 0.2) is 0 Å². The van der Waals surface area contributed by atoms with Crippen LogP contribution < -0.4 is 11.1 Å². The van der Waals surface area contributed by atoms with E-state index in [-0.39, 0.29) is 12.0 Å². The number of aliphatic hydroxyl groups excluding tert-OH is 1. The summed E-state index contributed by atoms with van der Waals surface area (Å²) in [5, 5.41) is 12.6. The average molecular weight is 333 g/mol. The Morgan fingerprint density at radius 1 is 1.33 bits per heavy atom. The Morgan fingerprint density at radius 2 is 1.96 bits per heavy atom. The van der Waals surface area contributed by atoms with Crippen LogP contribution in [0.4, 0.5) is 0 Å². The highest BCUT2D eigenvalue weighted by Gasteiger charge is 2.27. The highest BCUT2D eigenvalue weighted by molar-refractivity contribution is 5.85. The summed E-state index contributed by atoms with van der Waals surface area (Å²) in [5.74, 6) is -0.0970. The first kappa shape index (κ1) is 18.9. The van der Waals surface area contributed by atoms with Gasteiger partial charge in [-0.15, -0.1) is 0 Å². The predicted octanol–water partition coefficient (Wildman–Crippen LogP) is 1.78. The predicted molar refractivity (Wildman–Crippen MR) is 96.3 cm³/mol. The Hall–Kier alpha value is -1.43. The number of carbonyl (C=O) groups is 1. The fraction of sp³-hybridized carbons (Fsp3) is 0.632. The topological polar surface area (TPSA) is 78.6 Å². The average Bonchev–Trinajstić information content (AvgIpc) is 2.55. The number of hydrogen-bond acceptors (Lipinski definition) is 4. The van der Waals surface area contributed by atoms with Crippen LogP contribution in [0, 0.1) is 0 Å². The van der Waals surface area contributed by atoms with Gasteiger partial charge >= 0.3 is 0 Å². The van der Waals surface area contributed by atoms with Crippen LogP contribution in [-0.4, -0.2) is 40.6 Å². The Bertz CT molecular complexity index is 537. The molecule has 0 bridgehead atoms. The van der Waals surface area contributed by atoms with Crippen molar-refractivity contribution in [3.63, 3.8) is 0 Å². The molecule has 1 aromatic rings. The van der Waals surface area contributed by atoms with Crippen LogP contribution in [0.5, 0.6) is 0 Å². The molecule has 1 atom stereocenters. The first-order valence-corrected chi connectivity index (χ1v) is 8.96. The molecule has 1 saturated heterocycles. The third kappa shape index (κ3) is 5.30. The first-order chi connectivity index (χ1) is 11.4. The highest BCUT2D eigenvalue weighted by atomic mass is 16.3. The molecule has 2 rings (SSSR count). The van der Waals surface area contributed by atoms with Crippen molar-refractivity contribution in [3.8, 4) is 0 Å². The molecule has 5 heteroatoms. The van der Waals surface area contributed by atoms with Crippen LogP contribution in [-0.2, 0) is 17.9 Å². The van der Waals surface area contributed by atoms with Crippen molar-refractivity contribution >= 4 is 5.91 Å². The van der Waals surface area contributed by atoms with Gasteiger partial charge in [0.25, 0.3) is 0 Å². The molecule has 5 nitrogen and oxygen atoms in total. The van der Waals surface area contributed by atoms with Gasteiger partial charge in [0, 0.05) is 26.2 Å². The second-order valence-electron chi connectivity index (χ2n) is 7.13. The summed E-state index contributed by atoms with van der Waals surface area (Å²) in [6.07, 6.45) is 3.08. The summed E-state index contributed by atoms with van der Waals surface area (Å²) in [7, 11) is 0. The normalized spacial score (nSPS) is 19.0. The summed E-state index contributed by atoms with van der Waals surface area (Å²) in [5.41, 5.74) is 7.63. The number of piperidine rings is 1. The molecule has 1 heterocycles. The zero-order valence-electron chi connectivity index (χ0n) is 14.9. The second-order valence-corrected chi connectivity index (χ2v) is 7.13. The van der Waals surface area contributed by atoms with E-state index in [0.29, 0.717) is 13.0 Å². The minimum absolute atomic E-state index is 0.0970. The number of aliphatic hydroxyl groups is 1. The van der Waals surface area contributed by atoms with E-state index in [0.717, 1.165) is 44.5 Å². The molecule has 1 amide bonds. The minimum Gasteiger partial charge on any atom is -0.393 e. The van der Waals surface area contributed by atoms with Gasteiger partial charge in [-0.1, -0.05) is 37.6 Å². The molecular formula is C19H31N3O2. The number of amides is 1. The molecule has 134 valence electrons. The molecule has 4 N–H and O–H groups in total. The van der Waals surface area contributed by atoms with E-state index in [9.17, 15) is 9.90 Å². The van der Waals surface area contributed by atoms with Gasteiger partial charge in [-0.3, -0.25) is 9.69 Å². The van der Waals surface area contributed by atoms with Gasteiger partial charge in [-0.05, 0) is 37.3 Å². The smallest absolute Gasteiger partial charge is 0.240 e. The SMILES string of the molecule is CCCC(C)(N)C(=O)NCc1ccccc1CN1CCC(O)CC1. The lowest BCUT2D eigenvalue weighted by Gasteiger charge is -2.30. The van der Waals surface area contributed by atoms with E-state index in [1.165, 1.54) is 5.56 Å². The molecule has 0 saturated carbocycles. The molecule has 1 unspecified atom stereocenters. The number of nitrogens with one attached hydrogen (secondary N) is 1. The molecule has 1 fully saturated rings. The van der Waals surface area contributed by atoms with Gasteiger partial charge in [0.1, 0.15) is 0 Å². The van der Waals surface area contributed by atoms with Crippen LogP contribution in [0.1, 0.15) is 50.7 Å². The second kappa shape index (κ2) is 8.60. The largest absolute Gasteiger partial charge is 0.393 e. The number of hydrogen-bond donors (Lipinski definition) is 3. The number of likely N-dealkylation sites (tertiary alicyclic amines) is 1. The van der Waals surface area contributed by atoms with Crippen molar-refractivity contribution in [1.82, 2.24) is 10.2 Å². The van der Waals surface area contributed by atoms with Gasteiger partial charge in [0.05, 0.1) is 11.6 Å². The Morgan fingerprint density at radius 3 is 2.58 bits per heavy atom. The zero-order valence-corrected chi connectivity index (χ0v) is 14.9. The Kier molecular flexibility index (Phi) is 6.78. The van der Waals surface area contributed by atoms with E-state index < -0.39 is 5.54 Å². The minimum atomic E-state index is -0.813. The number of nitrogens with two attached hydrogens (primary N) is 1. The third-order valence-electron chi connectivity index (χ3n) is 4.80. The molecule has 0 aliphatic carbocycles. The fourth-order valence-corrected chi connectivity index (χ4v) is 3.21. The summed E-state index contributed by atoms with van der Waals surface area (Å²) in [6, 6.07) is 8.20. The van der Waals surface area contributed by atoms with Crippen molar-refractivity contribution < 1.29 is 9.90 Å². The molecular weight excluding hydrogens is 302 g/mol. The number of nitrogens with zero attached hydrogens (tertiary/aromatic N) is 1. The molecule has 1 aliphatic rings. The van der Waals surface area contributed by atoms with E-state index >= 15 is 0 Å². The number of rotatable bonds is 7. The third-order valence-corrected chi connectivity index (χ3v) is 4.80. The van der Waals surface area contributed by atoms with Crippen LogP contribution >= 0.6 is 0 Å². The van der Waals surface area contributed by atoms with Gasteiger partial charge in [0.2, 0.25) is 5.91 Å². The standard InChI is InChI=1S/C19H31N3O2/c1-3-10-19(2,20)18(24)21-13-15-6-4-5-7-16(15)14-22-11-8-17(23)9-12-22/h4-7,17,23H,3,8-14,20H2,1-2H3,(H,21,24). The maximum absolute atomic E-state index is 12.3. The van der Waals surface area contributed by atoms with Gasteiger partial charge < -0.3 is 16.2 Å². The Balaban J connectivity index is 1.95. The van der Waals surface area contributed by atoms with Crippen molar-refractivity contribution in [2.24, 2.45) is 5.73 Å². The molecule has 24 heavy (non-hydrogen) atoms. The highest BCUT2D eigenvalue weighted by Crippen LogP contribution is 2.17. The fourth-order valence-electron chi connectivity index (χ4n) is 3.21. The summed E-state index contributed by atoms with van der Waals surface area (Å²) in [4.78, 5) is 14.6. The van der Waals surface area contributed by atoms with E-state index in [2.05, 4.69) is 22.3 Å². The Labute approximate surface area is 145 Å². The van der Waals surface area contributed by atoms with Crippen molar-refractivity contribution in [1.29, 1.82) is 0 Å². The van der Waals surface area contributed by atoms with Crippen molar-refractivity contribution in [3.05, 3.63) is 35.4 Å². The zero-order chi connectivity index (χ0) is 17.6. The van der Waals surface area contributed by atoms with Crippen molar-refractivity contribution in [2.45, 2.75) is 64.3 Å². The number of benzene rings is 1. The monoisotopic (exact) mass is 333 g/mol. The maximum Gasteiger partial charge on any atom is 0.240 e. The van der Waals surface area contributed by atoms with Gasteiger partial charge in [-0.2, -0.15) is 0 Å². The molecule has 0 radical (unpaired) electrons. The maximum atomic E-state index is 12.3. The lowest BCUT2D eigenvalue weighted by Crippen LogP contribution is -2.51. The van der Waals surface area contributed by atoms with E-state index in [1.54, 1.807) is 6.92 Å². The molecule has 1 aliphatic heterocycles. The lowest BCUT2D eigenvalue weighted by atomic mass is 9.96. The molecule has 1 aromatic carbocycles. The van der Waals surface area contributed by atoms with E-state index in [1.807, 2.05) is 19.1 Å². The van der Waals surface area contributed by atoms with Crippen LogP contribution in [0.25, 0.3) is 0 Å². The lowest BCUT2D eigenvalue weighted by molar-refractivity contribution is -0.126. The van der Waals surface area contributed by atoms with Crippen LogP contribution in [0.15, 0.2) is 24.3 Å². The number of carbonyl (C=O) groups excluding carboxylic acids is 1. The van der Waals surface area contributed by atoms with Crippen molar-refractivity contribution in [2.75, 3.05) is 13.1 Å². The molecule has 0 spiro atoms.